The van der Waals surface area contributed by atoms with Gasteiger partial charge in [-0.3, -0.25) is 4.99 Å². The van der Waals surface area contributed by atoms with Gasteiger partial charge in [-0.15, -0.1) is 0 Å². The van der Waals surface area contributed by atoms with Crippen LogP contribution in [-0.4, -0.2) is 23.9 Å². The van der Waals surface area contributed by atoms with Gasteiger partial charge < -0.3 is 10.8 Å². The van der Waals surface area contributed by atoms with E-state index in [1.165, 1.54) is 0 Å². The molecule has 3 heteroatoms. The van der Waals surface area contributed by atoms with Crippen LogP contribution in [0.25, 0.3) is 0 Å². The highest BCUT2D eigenvalue weighted by molar-refractivity contribution is 5.58. The zero-order valence-electron chi connectivity index (χ0n) is 8.33. The van der Waals surface area contributed by atoms with Crippen molar-refractivity contribution in [3.05, 3.63) is 0 Å². The van der Waals surface area contributed by atoms with Crippen LogP contribution in [0.3, 0.4) is 0 Å². The maximum atomic E-state index is 4.40. The topological polar surface area (TPSA) is 55.9 Å². The first-order chi connectivity index (χ1) is 5.13. The second kappa shape index (κ2) is 4.45. The van der Waals surface area contributed by atoms with E-state index in [4.69, 9.17) is 0 Å². The summed E-state index contributed by atoms with van der Waals surface area (Å²) in [6.07, 6.45) is 1.86. The first-order valence-electron chi connectivity index (χ1n) is 4.40. The van der Waals surface area contributed by atoms with Crippen molar-refractivity contribution in [2.24, 2.45) is 16.8 Å². The van der Waals surface area contributed by atoms with E-state index in [9.17, 15) is 0 Å². The molecule has 1 heterocycles. The Hall–Kier alpha value is -0.570. The molecule has 0 bridgehead atoms. The van der Waals surface area contributed by atoms with Gasteiger partial charge in [-0.1, -0.05) is 27.7 Å². The Bertz CT molecular complexity index is 155. The van der Waals surface area contributed by atoms with Crippen LogP contribution in [0.15, 0.2) is 4.99 Å². The highest BCUT2D eigenvalue weighted by Gasteiger charge is 2.28. The number of hydrogen-bond acceptors (Lipinski definition) is 2. The largest absolute Gasteiger partial charge is 0.412 e. The number of rotatable bonds is 2. The molecule has 1 aliphatic heterocycles. The summed E-state index contributed by atoms with van der Waals surface area (Å²) < 4.78 is 0. The zero-order valence-corrected chi connectivity index (χ0v) is 8.33. The lowest BCUT2D eigenvalue weighted by Gasteiger charge is -2.24. The summed E-state index contributed by atoms with van der Waals surface area (Å²) in [6.45, 7) is 8.93. The molecule has 0 aromatic heterocycles. The molecule has 1 rings (SSSR count). The number of nitrogens with one attached hydrogen (secondary N) is 1. The van der Waals surface area contributed by atoms with Crippen LogP contribution in [0.1, 0.15) is 27.7 Å². The van der Waals surface area contributed by atoms with Crippen LogP contribution in [0.4, 0.5) is 0 Å². The zero-order chi connectivity index (χ0) is 8.43. The van der Waals surface area contributed by atoms with Crippen LogP contribution in [-0.2, 0) is 0 Å². The molecular weight excluding hydrogens is 152 g/mol. The molecule has 0 aromatic carbocycles. The lowest BCUT2D eigenvalue weighted by molar-refractivity contribution is 0.348. The molecule has 2 unspecified atom stereocenters. The fourth-order valence-corrected chi connectivity index (χ4v) is 1.58. The molecule has 0 aromatic rings. The summed E-state index contributed by atoms with van der Waals surface area (Å²) in [6, 6.07) is 1.03. The van der Waals surface area contributed by atoms with Gasteiger partial charge in [0.05, 0.1) is 18.4 Å². The van der Waals surface area contributed by atoms with Gasteiger partial charge >= 0.3 is 0 Å². The minimum absolute atomic E-state index is 0. The van der Waals surface area contributed by atoms with Gasteiger partial charge in [0.25, 0.3) is 0 Å². The first-order valence-corrected chi connectivity index (χ1v) is 4.40. The lowest BCUT2D eigenvalue weighted by atomic mass is 9.90. The predicted molar refractivity (Wildman–Crippen MR) is 52.5 cm³/mol. The van der Waals surface area contributed by atoms with E-state index in [2.05, 4.69) is 38.0 Å². The summed E-state index contributed by atoms with van der Waals surface area (Å²) in [5.74, 6) is 1.32. The molecule has 2 atom stereocenters. The molecule has 3 nitrogen and oxygen atoms in total. The van der Waals surface area contributed by atoms with Gasteiger partial charge in [-0.2, -0.15) is 0 Å². The third-order valence-electron chi connectivity index (χ3n) is 2.28. The Balaban J connectivity index is 0.00000121. The van der Waals surface area contributed by atoms with E-state index in [0.717, 1.165) is 0 Å². The highest BCUT2D eigenvalue weighted by Crippen LogP contribution is 2.19. The maximum absolute atomic E-state index is 4.40. The van der Waals surface area contributed by atoms with Crippen molar-refractivity contribution in [2.75, 3.05) is 0 Å². The second-order valence-electron chi connectivity index (χ2n) is 3.95. The summed E-state index contributed by atoms with van der Waals surface area (Å²) in [5, 5.41) is 3.30. The smallest absolute Gasteiger partial charge is 0.0831 e. The first kappa shape index (κ1) is 11.4. The van der Waals surface area contributed by atoms with Crippen molar-refractivity contribution >= 4 is 6.34 Å². The van der Waals surface area contributed by atoms with E-state index in [1.54, 1.807) is 0 Å². The molecule has 0 fully saturated rings. The van der Waals surface area contributed by atoms with E-state index in [0.29, 0.717) is 23.9 Å². The minimum atomic E-state index is 0. The Kier molecular flexibility index (Phi) is 4.24. The normalized spacial score (nSPS) is 27.5. The fraction of sp³-hybridized carbons (Fsp3) is 0.889. The van der Waals surface area contributed by atoms with E-state index in [1.807, 2.05) is 6.34 Å². The van der Waals surface area contributed by atoms with E-state index >= 15 is 0 Å². The number of aliphatic imine (C=N–C) groups is 1. The summed E-state index contributed by atoms with van der Waals surface area (Å²) >= 11 is 0. The monoisotopic (exact) mass is 172 g/mol. The molecule has 0 amide bonds. The van der Waals surface area contributed by atoms with Gasteiger partial charge in [-0.25, -0.2) is 0 Å². The van der Waals surface area contributed by atoms with Crippen molar-refractivity contribution in [3.8, 4) is 0 Å². The van der Waals surface area contributed by atoms with E-state index < -0.39 is 0 Å². The van der Waals surface area contributed by atoms with Crippen molar-refractivity contribution in [1.82, 2.24) is 5.32 Å². The van der Waals surface area contributed by atoms with Crippen molar-refractivity contribution < 1.29 is 5.48 Å². The molecule has 0 aliphatic carbocycles. The molecular formula is C9H20N2O. The Morgan fingerprint density at radius 2 is 1.75 bits per heavy atom. The van der Waals surface area contributed by atoms with E-state index in [-0.39, 0.29) is 5.48 Å². The molecule has 72 valence electrons. The number of nitrogens with zero attached hydrogens (tertiary/aromatic N) is 1. The molecule has 1 aliphatic rings. The second-order valence-corrected chi connectivity index (χ2v) is 3.95. The van der Waals surface area contributed by atoms with Crippen molar-refractivity contribution in [3.63, 3.8) is 0 Å². The van der Waals surface area contributed by atoms with Crippen LogP contribution in [0.2, 0.25) is 0 Å². The van der Waals surface area contributed by atoms with Crippen molar-refractivity contribution in [1.29, 1.82) is 0 Å². The summed E-state index contributed by atoms with van der Waals surface area (Å²) in [7, 11) is 0. The van der Waals surface area contributed by atoms with Crippen molar-refractivity contribution in [2.45, 2.75) is 39.8 Å². The van der Waals surface area contributed by atoms with Gasteiger partial charge in [0.15, 0.2) is 0 Å². The third kappa shape index (κ3) is 2.21. The Labute approximate surface area is 74.6 Å². The molecule has 12 heavy (non-hydrogen) atoms. The minimum Gasteiger partial charge on any atom is -0.412 e. The maximum Gasteiger partial charge on any atom is 0.0831 e. The number of hydrogen-bond donors (Lipinski definition) is 1. The standard InChI is InChI=1S/C9H18N2.H2O/c1-6(2)8-9(7(3)4)11-5-10-8;/h5-9H,1-4H3,(H,10,11);1H2. The fourth-order valence-electron chi connectivity index (χ4n) is 1.58. The van der Waals surface area contributed by atoms with Gasteiger partial charge in [0.2, 0.25) is 0 Å². The third-order valence-corrected chi connectivity index (χ3v) is 2.28. The Morgan fingerprint density at radius 1 is 1.17 bits per heavy atom. The van der Waals surface area contributed by atoms with Gasteiger partial charge in [0, 0.05) is 0 Å². The highest BCUT2D eigenvalue weighted by atomic mass is 16.0. The van der Waals surface area contributed by atoms with Crippen LogP contribution in [0, 0.1) is 11.8 Å². The lowest BCUT2D eigenvalue weighted by Crippen LogP contribution is -2.39. The quantitative estimate of drug-likeness (QED) is 0.659. The molecule has 0 spiro atoms. The predicted octanol–water partition coefficient (Wildman–Crippen LogP) is 0.842. The molecule has 0 saturated carbocycles. The Morgan fingerprint density at radius 3 is 2.08 bits per heavy atom. The van der Waals surface area contributed by atoms with Gasteiger partial charge in [-0.05, 0) is 11.8 Å². The summed E-state index contributed by atoms with van der Waals surface area (Å²) in [5.41, 5.74) is 0. The van der Waals surface area contributed by atoms with Crippen LogP contribution < -0.4 is 5.32 Å². The van der Waals surface area contributed by atoms with Crippen LogP contribution in [0.5, 0.6) is 0 Å². The molecule has 3 N–H and O–H groups in total. The molecule has 0 radical (unpaired) electrons. The van der Waals surface area contributed by atoms with Crippen LogP contribution >= 0.6 is 0 Å². The summed E-state index contributed by atoms with van der Waals surface area (Å²) in [4.78, 5) is 4.40. The van der Waals surface area contributed by atoms with Gasteiger partial charge in [0.1, 0.15) is 0 Å². The SMILES string of the molecule is CC(C)C1N=CNC1C(C)C.O. The molecule has 0 saturated heterocycles. The average molecular weight is 172 g/mol. The average Bonchev–Trinajstić information content (AvgIpc) is 2.32.